The third-order valence-corrected chi connectivity index (χ3v) is 3.54. The maximum absolute atomic E-state index is 12.6. The lowest BCUT2D eigenvalue weighted by Crippen LogP contribution is -2.14. The minimum Gasteiger partial charge on any atom is -0.497 e. The SMILES string of the molecule is COc1ccc(OC)c(NC(=O)c2nccc3ccccc23)c1. The minimum atomic E-state index is -0.298. The Hall–Kier alpha value is -3.08. The molecule has 0 aliphatic carbocycles. The molecule has 1 heterocycles. The summed E-state index contributed by atoms with van der Waals surface area (Å²) in [5.74, 6) is 0.889. The number of fused-ring (bicyclic) bond motifs is 1. The molecular weight excluding hydrogens is 292 g/mol. The van der Waals surface area contributed by atoms with E-state index in [1.807, 2.05) is 30.3 Å². The highest BCUT2D eigenvalue weighted by Crippen LogP contribution is 2.29. The van der Waals surface area contributed by atoms with Gasteiger partial charge in [-0.1, -0.05) is 24.3 Å². The van der Waals surface area contributed by atoms with E-state index >= 15 is 0 Å². The molecule has 0 spiro atoms. The van der Waals surface area contributed by atoms with Crippen LogP contribution in [0.15, 0.2) is 54.7 Å². The van der Waals surface area contributed by atoms with Crippen molar-refractivity contribution in [1.29, 1.82) is 0 Å². The Labute approximate surface area is 133 Å². The molecule has 1 amide bonds. The van der Waals surface area contributed by atoms with Gasteiger partial charge in [-0.2, -0.15) is 0 Å². The van der Waals surface area contributed by atoms with Gasteiger partial charge in [-0.15, -0.1) is 0 Å². The van der Waals surface area contributed by atoms with Crippen LogP contribution in [0, 0.1) is 0 Å². The third-order valence-electron chi connectivity index (χ3n) is 3.54. The number of carbonyl (C=O) groups is 1. The summed E-state index contributed by atoms with van der Waals surface area (Å²) in [7, 11) is 3.12. The lowest BCUT2D eigenvalue weighted by Gasteiger charge is -2.12. The maximum Gasteiger partial charge on any atom is 0.275 e. The number of nitrogens with zero attached hydrogens (tertiary/aromatic N) is 1. The molecule has 23 heavy (non-hydrogen) atoms. The van der Waals surface area contributed by atoms with Gasteiger partial charge in [-0.25, -0.2) is 0 Å². The Morgan fingerprint density at radius 1 is 1.04 bits per heavy atom. The molecule has 0 fully saturated rings. The minimum absolute atomic E-state index is 0.298. The molecule has 1 N–H and O–H groups in total. The van der Waals surface area contributed by atoms with E-state index in [0.29, 0.717) is 22.9 Å². The molecule has 116 valence electrons. The Morgan fingerprint density at radius 3 is 2.65 bits per heavy atom. The topological polar surface area (TPSA) is 60.5 Å². The molecule has 0 saturated heterocycles. The van der Waals surface area contributed by atoms with Gasteiger partial charge in [-0.05, 0) is 23.6 Å². The van der Waals surface area contributed by atoms with Gasteiger partial charge in [0.2, 0.25) is 0 Å². The molecule has 0 radical (unpaired) electrons. The molecule has 3 aromatic rings. The van der Waals surface area contributed by atoms with E-state index in [1.54, 1.807) is 38.6 Å². The number of hydrogen-bond acceptors (Lipinski definition) is 4. The number of anilines is 1. The van der Waals surface area contributed by atoms with Crippen molar-refractivity contribution in [1.82, 2.24) is 4.98 Å². The first-order valence-electron chi connectivity index (χ1n) is 7.10. The van der Waals surface area contributed by atoms with Gasteiger partial charge in [0.25, 0.3) is 5.91 Å². The molecule has 3 rings (SSSR count). The lowest BCUT2D eigenvalue weighted by molar-refractivity contribution is 0.102. The van der Waals surface area contributed by atoms with Crippen molar-refractivity contribution in [3.63, 3.8) is 0 Å². The predicted molar refractivity (Wildman–Crippen MR) is 89.2 cm³/mol. The molecule has 0 aliphatic heterocycles. The number of pyridine rings is 1. The van der Waals surface area contributed by atoms with Gasteiger partial charge in [-0.3, -0.25) is 9.78 Å². The van der Waals surface area contributed by atoms with Crippen molar-refractivity contribution in [3.8, 4) is 11.5 Å². The zero-order valence-electron chi connectivity index (χ0n) is 12.9. The predicted octanol–water partition coefficient (Wildman–Crippen LogP) is 3.50. The largest absolute Gasteiger partial charge is 0.497 e. The molecule has 0 aliphatic rings. The van der Waals surface area contributed by atoms with Crippen LogP contribution in [0.1, 0.15) is 10.5 Å². The summed E-state index contributed by atoms with van der Waals surface area (Å²) in [6.45, 7) is 0. The summed E-state index contributed by atoms with van der Waals surface area (Å²) in [5.41, 5.74) is 0.902. The fourth-order valence-corrected chi connectivity index (χ4v) is 2.39. The number of nitrogens with one attached hydrogen (secondary N) is 1. The number of ether oxygens (including phenoxy) is 2. The van der Waals surface area contributed by atoms with Gasteiger partial charge >= 0.3 is 0 Å². The Bertz CT molecular complexity index is 857. The normalized spacial score (nSPS) is 10.3. The first-order valence-corrected chi connectivity index (χ1v) is 7.10. The quantitative estimate of drug-likeness (QED) is 0.801. The molecule has 2 aromatic carbocycles. The fourth-order valence-electron chi connectivity index (χ4n) is 2.39. The summed E-state index contributed by atoms with van der Waals surface area (Å²) in [6.07, 6.45) is 1.63. The van der Waals surface area contributed by atoms with E-state index in [1.165, 1.54) is 0 Å². The van der Waals surface area contributed by atoms with Crippen LogP contribution in [0.3, 0.4) is 0 Å². The van der Waals surface area contributed by atoms with Crippen molar-refractivity contribution in [2.24, 2.45) is 0 Å². The molecule has 5 heteroatoms. The van der Waals surface area contributed by atoms with E-state index in [4.69, 9.17) is 9.47 Å². The average Bonchev–Trinajstić information content (AvgIpc) is 2.61. The number of hydrogen-bond donors (Lipinski definition) is 1. The number of aromatic nitrogens is 1. The molecule has 0 bridgehead atoms. The lowest BCUT2D eigenvalue weighted by atomic mass is 10.1. The van der Waals surface area contributed by atoms with Crippen molar-refractivity contribution in [2.45, 2.75) is 0 Å². The second-order valence-electron chi connectivity index (χ2n) is 4.90. The summed E-state index contributed by atoms with van der Waals surface area (Å²) < 4.78 is 10.5. The molecule has 1 aromatic heterocycles. The van der Waals surface area contributed by atoms with Crippen LogP contribution in [0.25, 0.3) is 10.8 Å². The van der Waals surface area contributed by atoms with Crippen LogP contribution in [-0.4, -0.2) is 25.1 Å². The molecule has 0 atom stereocenters. The number of methoxy groups -OCH3 is 2. The second-order valence-corrected chi connectivity index (χ2v) is 4.90. The van der Waals surface area contributed by atoms with Crippen LogP contribution in [0.2, 0.25) is 0 Å². The highest BCUT2D eigenvalue weighted by molar-refractivity contribution is 6.11. The summed E-state index contributed by atoms with van der Waals surface area (Å²) >= 11 is 0. The third kappa shape index (κ3) is 2.94. The maximum atomic E-state index is 12.6. The second kappa shape index (κ2) is 6.36. The van der Waals surface area contributed by atoms with Crippen LogP contribution >= 0.6 is 0 Å². The highest BCUT2D eigenvalue weighted by Gasteiger charge is 2.14. The first-order chi connectivity index (χ1) is 11.2. The molecular formula is C18H16N2O3. The van der Waals surface area contributed by atoms with E-state index < -0.39 is 0 Å². The van der Waals surface area contributed by atoms with Crippen molar-refractivity contribution >= 4 is 22.4 Å². The molecule has 0 unspecified atom stereocenters. The first kappa shape index (κ1) is 14.8. The number of benzene rings is 2. The van der Waals surface area contributed by atoms with Gasteiger partial charge in [0, 0.05) is 17.6 Å². The van der Waals surface area contributed by atoms with Gasteiger partial charge in [0.1, 0.15) is 17.2 Å². The van der Waals surface area contributed by atoms with Crippen LogP contribution in [0.5, 0.6) is 11.5 Å². The fraction of sp³-hybridized carbons (Fsp3) is 0.111. The zero-order chi connectivity index (χ0) is 16.2. The Kier molecular flexibility index (Phi) is 4.10. The van der Waals surface area contributed by atoms with Crippen molar-refractivity contribution < 1.29 is 14.3 Å². The van der Waals surface area contributed by atoms with Gasteiger partial charge in [0.05, 0.1) is 19.9 Å². The Balaban J connectivity index is 1.98. The van der Waals surface area contributed by atoms with Crippen molar-refractivity contribution in [3.05, 3.63) is 60.4 Å². The van der Waals surface area contributed by atoms with E-state index in [9.17, 15) is 4.79 Å². The van der Waals surface area contributed by atoms with E-state index in [2.05, 4.69) is 10.3 Å². The van der Waals surface area contributed by atoms with E-state index in [-0.39, 0.29) is 5.91 Å². The molecule has 0 saturated carbocycles. The number of rotatable bonds is 4. The van der Waals surface area contributed by atoms with Gasteiger partial charge in [0.15, 0.2) is 0 Å². The van der Waals surface area contributed by atoms with Crippen LogP contribution in [-0.2, 0) is 0 Å². The summed E-state index contributed by atoms with van der Waals surface area (Å²) in [5, 5.41) is 4.60. The number of carbonyl (C=O) groups excluding carboxylic acids is 1. The smallest absolute Gasteiger partial charge is 0.275 e. The van der Waals surface area contributed by atoms with Gasteiger partial charge < -0.3 is 14.8 Å². The molecule has 5 nitrogen and oxygen atoms in total. The summed E-state index contributed by atoms with van der Waals surface area (Å²) in [4.78, 5) is 16.8. The monoisotopic (exact) mass is 308 g/mol. The zero-order valence-corrected chi connectivity index (χ0v) is 12.9. The van der Waals surface area contributed by atoms with E-state index in [0.717, 1.165) is 10.8 Å². The average molecular weight is 308 g/mol. The highest BCUT2D eigenvalue weighted by atomic mass is 16.5. The number of amides is 1. The Morgan fingerprint density at radius 2 is 1.87 bits per heavy atom. The summed E-state index contributed by atoms with van der Waals surface area (Å²) in [6, 6.07) is 14.7. The van der Waals surface area contributed by atoms with Crippen LogP contribution < -0.4 is 14.8 Å². The van der Waals surface area contributed by atoms with Crippen LogP contribution in [0.4, 0.5) is 5.69 Å². The van der Waals surface area contributed by atoms with Crippen molar-refractivity contribution in [2.75, 3.05) is 19.5 Å². The standard InChI is InChI=1S/C18H16N2O3/c1-22-13-7-8-16(23-2)15(11-13)20-18(21)17-14-6-4-3-5-12(14)9-10-19-17/h3-11H,1-2H3,(H,20,21).